The largest absolute Gasteiger partial charge is 0.444 e. The number of ether oxygens (including phenoxy) is 1. The second-order valence-electron chi connectivity index (χ2n) is 4.77. The van der Waals surface area contributed by atoms with Crippen molar-refractivity contribution in [2.24, 2.45) is 0 Å². The average Bonchev–Trinajstić information content (AvgIpc) is 2.13. The van der Waals surface area contributed by atoms with Gasteiger partial charge in [-0.3, -0.25) is 0 Å². The van der Waals surface area contributed by atoms with E-state index < -0.39 is 17.8 Å². The van der Waals surface area contributed by atoms with E-state index in [4.69, 9.17) is 4.74 Å². The molecule has 0 aliphatic rings. The third kappa shape index (κ3) is 6.45. The van der Waals surface area contributed by atoms with Crippen molar-refractivity contribution >= 4 is 6.09 Å². The van der Waals surface area contributed by atoms with Crippen molar-refractivity contribution < 1.29 is 14.6 Å². The minimum Gasteiger partial charge on any atom is -0.444 e. The Bertz CT molecular complexity index is 233. The summed E-state index contributed by atoms with van der Waals surface area (Å²) in [6.45, 7) is 10.9. The standard InChI is InChI=1S/C12H23NO3/c1-6-8-9(10(14)7-2)13-11(15)16-12(3,4)5/h7,9-10,14H,2,6,8H2,1,3-5H3,(H,13,15)/t9-,10-/m1/s1. The van der Waals surface area contributed by atoms with Crippen LogP contribution in [0.3, 0.4) is 0 Å². The van der Waals surface area contributed by atoms with Crippen LogP contribution in [0.4, 0.5) is 4.79 Å². The van der Waals surface area contributed by atoms with Crippen LogP contribution in [0.25, 0.3) is 0 Å². The number of aliphatic hydroxyl groups excluding tert-OH is 1. The van der Waals surface area contributed by atoms with E-state index in [1.54, 1.807) is 20.8 Å². The summed E-state index contributed by atoms with van der Waals surface area (Å²) < 4.78 is 5.11. The molecule has 0 aliphatic heterocycles. The Hall–Kier alpha value is -1.03. The molecular weight excluding hydrogens is 206 g/mol. The fraction of sp³-hybridized carbons (Fsp3) is 0.750. The summed E-state index contributed by atoms with van der Waals surface area (Å²) in [4.78, 5) is 11.5. The lowest BCUT2D eigenvalue weighted by molar-refractivity contribution is 0.0449. The first-order chi connectivity index (χ1) is 7.30. The van der Waals surface area contributed by atoms with Crippen LogP contribution in [-0.2, 0) is 4.74 Å². The minimum absolute atomic E-state index is 0.336. The summed E-state index contributed by atoms with van der Waals surface area (Å²) in [5, 5.41) is 12.3. The van der Waals surface area contributed by atoms with Gasteiger partial charge in [0.05, 0.1) is 12.1 Å². The van der Waals surface area contributed by atoms with Crippen LogP contribution in [0.5, 0.6) is 0 Å². The van der Waals surface area contributed by atoms with E-state index >= 15 is 0 Å². The third-order valence-corrected chi connectivity index (χ3v) is 1.96. The monoisotopic (exact) mass is 229 g/mol. The van der Waals surface area contributed by atoms with E-state index in [0.29, 0.717) is 6.42 Å². The summed E-state index contributed by atoms with van der Waals surface area (Å²) in [7, 11) is 0. The maximum Gasteiger partial charge on any atom is 0.407 e. The topological polar surface area (TPSA) is 58.6 Å². The number of aliphatic hydroxyl groups is 1. The van der Waals surface area contributed by atoms with Crippen molar-refractivity contribution in [2.45, 2.75) is 58.3 Å². The Morgan fingerprint density at radius 3 is 2.50 bits per heavy atom. The molecule has 0 spiro atoms. The SMILES string of the molecule is C=C[C@@H](O)[C@@H](CCC)NC(=O)OC(C)(C)C. The fourth-order valence-electron chi connectivity index (χ4n) is 1.26. The summed E-state index contributed by atoms with van der Waals surface area (Å²) in [6, 6.07) is -0.336. The second kappa shape index (κ2) is 6.53. The van der Waals surface area contributed by atoms with Crippen molar-refractivity contribution in [1.82, 2.24) is 5.32 Å². The molecule has 2 N–H and O–H groups in total. The van der Waals surface area contributed by atoms with Gasteiger partial charge in [-0.25, -0.2) is 4.79 Å². The molecule has 4 nitrogen and oxygen atoms in total. The molecule has 0 saturated heterocycles. The van der Waals surface area contributed by atoms with Gasteiger partial charge < -0.3 is 15.2 Å². The van der Waals surface area contributed by atoms with Crippen LogP contribution in [-0.4, -0.2) is 28.9 Å². The number of hydrogen-bond donors (Lipinski definition) is 2. The lowest BCUT2D eigenvalue weighted by atomic mass is 10.1. The third-order valence-electron chi connectivity index (χ3n) is 1.96. The average molecular weight is 229 g/mol. The van der Waals surface area contributed by atoms with E-state index in [-0.39, 0.29) is 6.04 Å². The van der Waals surface area contributed by atoms with Crippen LogP contribution < -0.4 is 5.32 Å². The number of alkyl carbamates (subject to hydrolysis) is 1. The number of amides is 1. The van der Waals surface area contributed by atoms with E-state index in [0.717, 1.165) is 6.42 Å². The molecule has 0 heterocycles. The summed E-state index contributed by atoms with van der Waals surface area (Å²) in [5.41, 5.74) is -0.528. The first kappa shape index (κ1) is 15.0. The van der Waals surface area contributed by atoms with Gasteiger partial charge in [0.15, 0.2) is 0 Å². The first-order valence-corrected chi connectivity index (χ1v) is 5.60. The number of rotatable bonds is 5. The zero-order valence-electron chi connectivity index (χ0n) is 10.6. The second-order valence-corrected chi connectivity index (χ2v) is 4.77. The normalized spacial score (nSPS) is 15.1. The zero-order chi connectivity index (χ0) is 12.8. The molecule has 0 unspecified atom stereocenters. The molecule has 94 valence electrons. The lowest BCUT2D eigenvalue weighted by Crippen LogP contribution is -2.44. The molecular formula is C12H23NO3. The Kier molecular flexibility index (Phi) is 6.11. The van der Waals surface area contributed by atoms with Crippen LogP contribution in [0, 0.1) is 0 Å². The Labute approximate surface area is 97.7 Å². The number of carbonyl (C=O) groups is 1. The van der Waals surface area contributed by atoms with E-state index in [1.165, 1.54) is 6.08 Å². The highest BCUT2D eigenvalue weighted by atomic mass is 16.6. The lowest BCUT2D eigenvalue weighted by Gasteiger charge is -2.25. The van der Waals surface area contributed by atoms with Crippen LogP contribution in [0.1, 0.15) is 40.5 Å². The van der Waals surface area contributed by atoms with Gasteiger partial charge in [0.1, 0.15) is 5.60 Å². The molecule has 0 aromatic carbocycles. The van der Waals surface area contributed by atoms with E-state index in [1.807, 2.05) is 6.92 Å². The van der Waals surface area contributed by atoms with Crippen molar-refractivity contribution in [2.75, 3.05) is 0 Å². The molecule has 0 fully saturated rings. The van der Waals surface area contributed by atoms with Gasteiger partial charge in [0.25, 0.3) is 0 Å². The molecule has 1 amide bonds. The summed E-state index contributed by atoms with van der Waals surface area (Å²) >= 11 is 0. The molecule has 2 atom stereocenters. The predicted octanol–water partition coefficient (Wildman–Crippen LogP) is 2.23. The smallest absolute Gasteiger partial charge is 0.407 e. The van der Waals surface area contributed by atoms with E-state index in [9.17, 15) is 9.90 Å². The number of nitrogens with one attached hydrogen (secondary N) is 1. The van der Waals surface area contributed by atoms with Crippen LogP contribution in [0.2, 0.25) is 0 Å². The number of carbonyl (C=O) groups excluding carboxylic acids is 1. The van der Waals surface area contributed by atoms with E-state index in [2.05, 4.69) is 11.9 Å². The Morgan fingerprint density at radius 1 is 1.56 bits per heavy atom. The molecule has 4 heteroatoms. The van der Waals surface area contributed by atoms with Crippen molar-refractivity contribution in [3.05, 3.63) is 12.7 Å². The molecule has 0 rings (SSSR count). The van der Waals surface area contributed by atoms with Gasteiger partial charge >= 0.3 is 6.09 Å². The molecule has 0 aromatic rings. The van der Waals surface area contributed by atoms with Gasteiger partial charge in [-0.2, -0.15) is 0 Å². The quantitative estimate of drug-likeness (QED) is 0.711. The summed E-state index contributed by atoms with van der Waals surface area (Å²) in [6.07, 6.45) is 1.72. The van der Waals surface area contributed by atoms with Gasteiger partial charge in [-0.15, -0.1) is 6.58 Å². The van der Waals surface area contributed by atoms with Crippen LogP contribution >= 0.6 is 0 Å². The maximum absolute atomic E-state index is 11.5. The van der Waals surface area contributed by atoms with Crippen molar-refractivity contribution in [1.29, 1.82) is 0 Å². The fourth-order valence-corrected chi connectivity index (χ4v) is 1.26. The highest BCUT2D eigenvalue weighted by molar-refractivity contribution is 5.68. The van der Waals surface area contributed by atoms with Gasteiger partial charge in [-0.1, -0.05) is 19.4 Å². The van der Waals surface area contributed by atoms with Gasteiger partial charge in [0, 0.05) is 0 Å². The van der Waals surface area contributed by atoms with Crippen molar-refractivity contribution in [3.63, 3.8) is 0 Å². The zero-order valence-corrected chi connectivity index (χ0v) is 10.6. The molecule has 0 aliphatic carbocycles. The first-order valence-electron chi connectivity index (χ1n) is 5.60. The molecule has 0 saturated carbocycles. The van der Waals surface area contributed by atoms with Crippen molar-refractivity contribution in [3.8, 4) is 0 Å². The maximum atomic E-state index is 11.5. The van der Waals surface area contributed by atoms with Gasteiger partial charge in [-0.05, 0) is 27.2 Å². The number of hydrogen-bond acceptors (Lipinski definition) is 3. The molecule has 0 bridgehead atoms. The Morgan fingerprint density at radius 2 is 2.12 bits per heavy atom. The summed E-state index contributed by atoms with van der Waals surface area (Å²) in [5.74, 6) is 0. The van der Waals surface area contributed by atoms with Gasteiger partial charge in [0.2, 0.25) is 0 Å². The van der Waals surface area contributed by atoms with Crippen LogP contribution in [0.15, 0.2) is 12.7 Å². The Balaban J connectivity index is 4.28. The highest BCUT2D eigenvalue weighted by Gasteiger charge is 2.22. The predicted molar refractivity (Wildman–Crippen MR) is 64.3 cm³/mol. The minimum atomic E-state index is -0.743. The molecule has 0 aromatic heterocycles. The molecule has 16 heavy (non-hydrogen) atoms. The molecule has 0 radical (unpaired) electrons. The highest BCUT2D eigenvalue weighted by Crippen LogP contribution is 2.09.